The molecule has 2 unspecified atom stereocenters. The van der Waals surface area contributed by atoms with Crippen LogP contribution in [0.15, 0.2) is 29.8 Å². The van der Waals surface area contributed by atoms with Crippen LogP contribution in [0.25, 0.3) is 6.08 Å². The summed E-state index contributed by atoms with van der Waals surface area (Å²) in [5, 5.41) is 20.8. The molecular formula is C15H17NO5. The van der Waals surface area contributed by atoms with Crippen molar-refractivity contribution < 1.29 is 19.6 Å². The standard InChI is InChI=1S/C15H17NO5/c1-2-21-15(18)13-8-5-11(14(13)17)9-10-3-6-12(7-4-10)16(19)20/h3-4,6-7,9,13-14,17H,2,5,8H2,1H3. The monoisotopic (exact) mass is 291 g/mol. The molecule has 0 spiro atoms. The van der Waals surface area contributed by atoms with Crippen molar-refractivity contribution in [2.75, 3.05) is 6.61 Å². The van der Waals surface area contributed by atoms with E-state index in [1.807, 2.05) is 0 Å². The zero-order valence-electron chi connectivity index (χ0n) is 11.7. The van der Waals surface area contributed by atoms with Gasteiger partial charge < -0.3 is 9.84 Å². The fourth-order valence-corrected chi connectivity index (χ4v) is 2.45. The Balaban J connectivity index is 2.11. The second kappa shape index (κ2) is 6.49. The Hall–Kier alpha value is -2.21. The first-order valence-electron chi connectivity index (χ1n) is 6.82. The number of carbonyl (C=O) groups excluding carboxylic acids is 1. The van der Waals surface area contributed by atoms with E-state index in [1.54, 1.807) is 25.1 Å². The van der Waals surface area contributed by atoms with Gasteiger partial charge in [-0.15, -0.1) is 0 Å². The quantitative estimate of drug-likeness (QED) is 0.522. The van der Waals surface area contributed by atoms with Crippen LogP contribution in [0.1, 0.15) is 25.3 Å². The van der Waals surface area contributed by atoms with E-state index >= 15 is 0 Å². The summed E-state index contributed by atoms with van der Waals surface area (Å²) < 4.78 is 4.94. The molecule has 1 N–H and O–H groups in total. The minimum Gasteiger partial charge on any atom is -0.466 e. The zero-order valence-corrected chi connectivity index (χ0v) is 11.7. The lowest BCUT2D eigenvalue weighted by molar-refractivity contribution is -0.384. The van der Waals surface area contributed by atoms with Crippen LogP contribution in [0.4, 0.5) is 5.69 Å². The number of carbonyl (C=O) groups is 1. The molecule has 1 aliphatic carbocycles. The smallest absolute Gasteiger partial charge is 0.311 e. The fraction of sp³-hybridized carbons (Fsp3) is 0.400. The lowest BCUT2D eigenvalue weighted by Crippen LogP contribution is -2.25. The van der Waals surface area contributed by atoms with Gasteiger partial charge in [-0.05, 0) is 43.0 Å². The van der Waals surface area contributed by atoms with Crippen molar-refractivity contribution in [3.63, 3.8) is 0 Å². The first kappa shape index (κ1) is 15.2. The Morgan fingerprint density at radius 2 is 2.14 bits per heavy atom. The number of hydrogen-bond donors (Lipinski definition) is 1. The Morgan fingerprint density at radius 3 is 2.71 bits per heavy atom. The van der Waals surface area contributed by atoms with Crippen molar-refractivity contribution in [2.24, 2.45) is 5.92 Å². The maximum absolute atomic E-state index is 11.7. The van der Waals surface area contributed by atoms with Crippen LogP contribution < -0.4 is 0 Å². The molecule has 2 atom stereocenters. The van der Waals surface area contributed by atoms with Crippen molar-refractivity contribution in [1.82, 2.24) is 0 Å². The first-order valence-corrected chi connectivity index (χ1v) is 6.82. The summed E-state index contributed by atoms with van der Waals surface area (Å²) in [6, 6.07) is 6.07. The molecule has 6 nitrogen and oxygen atoms in total. The highest BCUT2D eigenvalue weighted by Gasteiger charge is 2.36. The lowest BCUT2D eigenvalue weighted by atomic mass is 10.0. The van der Waals surface area contributed by atoms with Crippen molar-refractivity contribution in [3.05, 3.63) is 45.5 Å². The molecule has 6 heteroatoms. The molecule has 1 saturated carbocycles. The summed E-state index contributed by atoms with van der Waals surface area (Å²) >= 11 is 0. The van der Waals surface area contributed by atoms with Gasteiger partial charge in [-0.2, -0.15) is 0 Å². The van der Waals surface area contributed by atoms with Gasteiger partial charge in [0.2, 0.25) is 0 Å². The van der Waals surface area contributed by atoms with Crippen LogP contribution in [0.5, 0.6) is 0 Å². The number of non-ortho nitro benzene ring substituents is 1. The maximum atomic E-state index is 11.7. The number of nitro benzene ring substituents is 1. The average molecular weight is 291 g/mol. The van der Waals surface area contributed by atoms with E-state index in [0.29, 0.717) is 19.4 Å². The second-order valence-electron chi connectivity index (χ2n) is 4.91. The molecule has 1 aromatic rings. The van der Waals surface area contributed by atoms with E-state index in [0.717, 1.165) is 11.1 Å². The molecule has 1 aliphatic rings. The number of rotatable bonds is 4. The van der Waals surface area contributed by atoms with E-state index in [1.165, 1.54) is 12.1 Å². The molecule has 2 rings (SSSR count). The minimum absolute atomic E-state index is 0.0218. The van der Waals surface area contributed by atoms with Gasteiger partial charge in [0, 0.05) is 12.1 Å². The number of hydrogen-bond acceptors (Lipinski definition) is 5. The number of aliphatic hydroxyl groups is 1. The summed E-state index contributed by atoms with van der Waals surface area (Å²) in [5.74, 6) is -0.897. The van der Waals surface area contributed by atoms with Gasteiger partial charge in [0.1, 0.15) is 0 Å². The van der Waals surface area contributed by atoms with Crippen LogP contribution in [0.2, 0.25) is 0 Å². The summed E-state index contributed by atoms with van der Waals surface area (Å²) in [6.45, 7) is 2.02. The third-order valence-corrected chi connectivity index (χ3v) is 3.55. The molecule has 0 saturated heterocycles. The number of nitro groups is 1. The van der Waals surface area contributed by atoms with E-state index in [4.69, 9.17) is 4.74 Å². The van der Waals surface area contributed by atoms with Gasteiger partial charge in [0.25, 0.3) is 5.69 Å². The van der Waals surface area contributed by atoms with Crippen molar-refractivity contribution in [1.29, 1.82) is 0 Å². The molecule has 1 aromatic carbocycles. The van der Waals surface area contributed by atoms with Crippen LogP contribution in [-0.2, 0) is 9.53 Å². The number of ether oxygens (including phenoxy) is 1. The molecule has 0 aliphatic heterocycles. The van der Waals surface area contributed by atoms with Crippen LogP contribution in [0.3, 0.4) is 0 Å². The fourth-order valence-electron chi connectivity index (χ4n) is 2.45. The average Bonchev–Trinajstić information content (AvgIpc) is 2.81. The summed E-state index contributed by atoms with van der Waals surface area (Å²) in [7, 11) is 0. The first-order chi connectivity index (χ1) is 10.0. The molecule has 0 aromatic heterocycles. The molecular weight excluding hydrogens is 274 g/mol. The summed E-state index contributed by atoms with van der Waals surface area (Å²) in [5.41, 5.74) is 1.54. The van der Waals surface area contributed by atoms with Gasteiger partial charge in [-0.25, -0.2) is 0 Å². The number of esters is 1. The molecule has 1 fully saturated rings. The summed E-state index contributed by atoms with van der Waals surface area (Å²) in [6.07, 6.45) is 2.09. The van der Waals surface area contributed by atoms with Gasteiger partial charge in [-0.3, -0.25) is 14.9 Å². The second-order valence-corrected chi connectivity index (χ2v) is 4.91. The maximum Gasteiger partial charge on any atom is 0.311 e. The minimum atomic E-state index is -0.848. The predicted octanol–water partition coefficient (Wildman–Crippen LogP) is 2.31. The van der Waals surface area contributed by atoms with Crippen molar-refractivity contribution in [2.45, 2.75) is 25.9 Å². The molecule has 112 valence electrons. The summed E-state index contributed by atoms with van der Waals surface area (Å²) in [4.78, 5) is 21.8. The molecule has 0 bridgehead atoms. The normalized spacial score (nSPS) is 23.2. The predicted molar refractivity (Wildman–Crippen MR) is 76.4 cm³/mol. The third-order valence-electron chi connectivity index (χ3n) is 3.55. The Kier molecular flexibility index (Phi) is 4.70. The van der Waals surface area contributed by atoms with E-state index in [-0.39, 0.29) is 11.7 Å². The topological polar surface area (TPSA) is 89.7 Å². The van der Waals surface area contributed by atoms with Crippen LogP contribution in [0, 0.1) is 16.0 Å². The number of benzene rings is 1. The van der Waals surface area contributed by atoms with Crippen LogP contribution >= 0.6 is 0 Å². The van der Waals surface area contributed by atoms with Gasteiger partial charge >= 0.3 is 5.97 Å². The molecule has 0 heterocycles. The van der Waals surface area contributed by atoms with E-state index in [2.05, 4.69) is 0 Å². The van der Waals surface area contributed by atoms with E-state index in [9.17, 15) is 20.0 Å². The number of aliphatic hydroxyl groups excluding tert-OH is 1. The Morgan fingerprint density at radius 1 is 1.48 bits per heavy atom. The van der Waals surface area contributed by atoms with Gasteiger partial charge in [-0.1, -0.05) is 6.08 Å². The Labute approximate surface area is 122 Å². The SMILES string of the molecule is CCOC(=O)C1CCC(=Cc2ccc([N+](=O)[O-])cc2)C1O. The molecule has 0 radical (unpaired) electrons. The Bertz CT molecular complexity index is 564. The van der Waals surface area contributed by atoms with Gasteiger partial charge in [0.05, 0.1) is 23.6 Å². The zero-order chi connectivity index (χ0) is 15.4. The highest BCUT2D eigenvalue weighted by molar-refractivity contribution is 5.75. The lowest BCUT2D eigenvalue weighted by Gasteiger charge is -2.13. The molecule has 0 amide bonds. The van der Waals surface area contributed by atoms with E-state index < -0.39 is 16.9 Å². The number of nitrogens with zero attached hydrogens (tertiary/aromatic N) is 1. The van der Waals surface area contributed by atoms with Crippen LogP contribution in [-0.4, -0.2) is 28.7 Å². The third kappa shape index (κ3) is 3.46. The highest BCUT2D eigenvalue weighted by atomic mass is 16.6. The molecule has 21 heavy (non-hydrogen) atoms. The van der Waals surface area contributed by atoms with Crippen molar-refractivity contribution >= 4 is 17.7 Å². The largest absolute Gasteiger partial charge is 0.466 e. The van der Waals surface area contributed by atoms with Crippen molar-refractivity contribution in [3.8, 4) is 0 Å². The van der Waals surface area contributed by atoms with Gasteiger partial charge in [0.15, 0.2) is 0 Å². The highest BCUT2D eigenvalue weighted by Crippen LogP contribution is 2.33.